The van der Waals surface area contributed by atoms with E-state index in [1.807, 2.05) is 0 Å². The molecule has 1 rings (SSSR count). The van der Waals surface area contributed by atoms with Crippen molar-refractivity contribution in [1.82, 2.24) is 5.32 Å². The molecule has 3 nitrogen and oxygen atoms in total. The van der Waals surface area contributed by atoms with E-state index in [9.17, 15) is 4.79 Å². The first-order valence-corrected chi connectivity index (χ1v) is 3.49. The van der Waals surface area contributed by atoms with Crippen LogP contribution >= 0.6 is 0 Å². The van der Waals surface area contributed by atoms with Crippen LogP contribution in [0.5, 0.6) is 0 Å². The molecule has 0 spiro atoms. The van der Waals surface area contributed by atoms with Crippen LogP contribution < -0.4 is 5.32 Å². The predicted molar refractivity (Wildman–Crippen MR) is 39.8 cm³/mol. The molecule has 0 aromatic heterocycles. The van der Waals surface area contributed by atoms with Crippen molar-refractivity contribution in [2.24, 2.45) is 0 Å². The molecule has 1 aliphatic rings. The molecule has 0 saturated carbocycles. The fraction of sp³-hybridized carbons (Fsp3) is 0.857. The molecule has 0 bridgehead atoms. The number of Topliss-reactive ketones (excluding diaryl/α,β-unsaturated/α-hetero) is 1. The number of nitrogens with one attached hydrogen (secondary N) is 1. The summed E-state index contributed by atoms with van der Waals surface area (Å²) in [5, 5.41) is 10.1. The number of ketones is 1. The first kappa shape index (κ1) is 9.59. The van der Waals surface area contributed by atoms with E-state index >= 15 is 0 Å². The van der Waals surface area contributed by atoms with E-state index in [1.54, 1.807) is 6.92 Å². The summed E-state index contributed by atoms with van der Waals surface area (Å²) < 4.78 is 0. The van der Waals surface area contributed by atoms with Gasteiger partial charge in [-0.15, -0.1) is 0 Å². The lowest BCUT2D eigenvalue weighted by molar-refractivity contribution is -0.118. The van der Waals surface area contributed by atoms with Crippen molar-refractivity contribution in [2.75, 3.05) is 13.7 Å². The zero-order valence-electron chi connectivity index (χ0n) is 6.55. The average molecular weight is 145 g/mol. The molecule has 1 saturated heterocycles. The Hall–Kier alpha value is -0.410. The van der Waals surface area contributed by atoms with Gasteiger partial charge >= 0.3 is 0 Å². The van der Waals surface area contributed by atoms with Crippen molar-refractivity contribution in [3.05, 3.63) is 0 Å². The Kier molecular flexibility index (Phi) is 5.16. The maximum Gasteiger partial charge on any atom is 0.146 e. The quantitative estimate of drug-likeness (QED) is 0.543. The van der Waals surface area contributed by atoms with E-state index in [0.29, 0.717) is 0 Å². The maximum absolute atomic E-state index is 10.6. The highest BCUT2D eigenvalue weighted by atomic mass is 16.2. The molecule has 0 radical (unpaired) electrons. The number of hydrogen-bond donors (Lipinski definition) is 2. The van der Waals surface area contributed by atoms with E-state index in [1.165, 1.54) is 0 Å². The van der Waals surface area contributed by atoms with Crippen LogP contribution in [0, 0.1) is 0 Å². The Bertz CT molecular complexity index is 97.8. The Morgan fingerprint density at radius 1 is 1.60 bits per heavy atom. The van der Waals surface area contributed by atoms with E-state index < -0.39 is 0 Å². The van der Waals surface area contributed by atoms with Crippen molar-refractivity contribution in [3.8, 4) is 0 Å². The minimum atomic E-state index is 0.176. The summed E-state index contributed by atoms with van der Waals surface area (Å²) in [6.45, 7) is 2.66. The second-order valence-electron chi connectivity index (χ2n) is 2.26. The zero-order chi connectivity index (χ0) is 7.98. The van der Waals surface area contributed by atoms with Gasteiger partial charge in [0.1, 0.15) is 5.78 Å². The highest BCUT2D eigenvalue weighted by Gasteiger charge is 2.17. The minimum Gasteiger partial charge on any atom is -0.400 e. The average Bonchev–Trinajstić information content (AvgIpc) is 2.42. The van der Waals surface area contributed by atoms with Gasteiger partial charge in [-0.1, -0.05) is 0 Å². The lowest BCUT2D eigenvalue weighted by atomic mass is 10.2. The highest BCUT2D eigenvalue weighted by Crippen LogP contribution is 2.04. The first-order chi connectivity index (χ1) is 4.80. The number of aliphatic hydroxyl groups excluding tert-OH is 1. The predicted octanol–water partition coefficient (Wildman–Crippen LogP) is -0.0641. The minimum absolute atomic E-state index is 0.176. The monoisotopic (exact) mass is 145 g/mol. The van der Waals surface area contributed by atoms with Crippen molar-refractivity contribution in [2.45, 2.75) is 25.8 Å². The largest absolute Gasteiger partial charge is 0.400 e. The standard InChI is InChI=1S/C6H11NO.CH4O/c1-5(8)6-3-2-4-7-6;1-2/h6-7H,2-4H2,1H3;2H,1H3. The normalized spacial score (nSPS) is 23.3. The number of rotatable bonds is 1. The van der Waals surface area contributed by atoms with Gasteiger partial charge < -0.3 is 10.4 Å². The van der Waals surface area contributed by atoms with E-state index in [2.05, 4.69) is 5.32 Å². The van der Waals surface area contributed by atoms with Crippen LogP contribution in [0.2, 0.25) is 0 Å². The smallest absolute Gasteiger partial charge is 0.146 e. The van der Waals surface area contributed by atoms with Crippen LogP contribution in [0.4, 0.5) is 0 Å². The van der Waals surface area contributed by atoms with Crippen molar-refractivity contribution in [1.29, 1.82) is 0 Å². The molecule has 0 aliphatic carbocycles. The summed E-state index contributed by atoms with van der Waals surface area (Å²) in [4.78, 5) is 10.6. The van der Waals surface area contributed by atoms with Gasteiger partial charge in [-0.3, -0.25) is 4.79 Å². The van der Waals surface area contributed by atoms with E-state index in [-0.39, 0.29) is 11.8 Å². The second kappa shape index (κ2) is 5.38. The highest BCUT2D eigenvalue weighted by molar-refractivity contribution is 5.81. The van der Waals surface area contributed by atoms with Gasteiger partial charge in [0.05, 0.1) is 6.04 Å². The fourth-order valence-corrected chi connectivity index (χ4v) is 1.03. The lowest BCUT2D eigenvalue weighted by Crippen LogP contribution is -2.28. The molecule has 0 amide bonds. The maximum atomic E-state index is 10.6. The Labute approximate surface area is 61.4 Å². The third-order valence-corrected chi connectivity index (χ3v) is 1.55. The van der Waals surface area contributed by atoms with E-state index in [0.717, 1.165) is 26.5 Å². The molecule has 2 N–H and O–H groups in total. The van der Waals surface area contributed by atoms with Crippen LogP contribution in [-0.2, 0) is 4.79 Å². The third-order valence-electron chi connectivity index (χ3n) is 1.55. The van der Waals surface area contributed by atoms with Crippen LogP contribution in [0.1, 0.15) is 19.8 Å². The van der Waals surface area contributed by atoms with Gasteiger partial charge in [0.25, 0.3) is 0 Å². The molecule has 10 heavy (non-hydrogen) atoms. The van der Waals surface area contributed by atoms with Crippen LogP contribution in [-0.4, -0.2) is 30.6 Å². The van der Waals surface area contributed by atoms with Gasteiger partial charge in [-0.05, 0) is 26.3 Å². The molecule has 60 valence electrons. The summed E-state index contributed by atoms with van der Waals surface area (Å²) in [5.41, 5.74) is 0. The number of carbonyl (C=O) groups is 1. The van der Waals surface area contributed by atoms with Crippen LogP contribution in [0.3, 0.4) is 0 Å². The Balaban J connectivity index is 0.000000371. The summed E-state index contributed by atoms with van der Waals surface area (Å²) in [6, 6.07) is 0.176. The van der Waals surface area contributed by atoms with Crippen LogP contribution in [0.25, 0.3) is 0 Å². The summed E-state index contributed by atoms with van der Waals surface area (Å²) in [6.07, 6.45) is 2.19. The summed E-state index contributed by atoms with van der Waals surface area (Å²) in [5.74, 6) is 0.280. The topological polar surface area (TPSA) is 49.3 Å². The lowest BCUT2D eigenvalue weighted by Gasteiger charge is -2.01. The molecule has 3 heteroatoms. The molecule has 1 atom stereocenters. The molecule has 1 aliphatic heterocycles. The molecular weight excluding hydrogens is 130 g/mol. The summed E-state index contributed by atoms with van der Waals surface area (Å²) >= 11 is 0. The van der Waals surface area contributed by atoms with E-state index in [4.69, 9.17) is 5.11 Å². The second-order valence-corrected chi connectivity index (χ2v) is 2.26. The van der Waals surface area contributed by atoms with Gasteiger partial charge in [-0.2, -0.15) is 0 Å². The van der Waals surface area contributed by atoms with Crippen molar-refractivity contribution in [3.63, 3.8) is 0 Å². The fourth-order valence-electron chi connectivity index (χ4n) is 1.03. The van der Waals surface area contributed by atoms with Crippen molar-refractivity contribution >= 4 is 5.78 Å². The van der Waals surface area contributed by atoms with Gasteiger partial charge in [-0.25, -0.2) is 0 Å². The molecular formula is C7H15NO2. The molecule has 0 aromatic rings. The number of carbonyl (C=O) groups excluding carboxylic acids is 1. The van der Waals surface area contributed by atoms with Gasteiger partial charge in [0, 0.05) is 7.11 Å². The van der Waals surface area contributed by atoms with Gasteiger partial charge in [0.15, 0.2) is 0 Å². The molecule has 1 fully saturated rings. The molecule has 1 unspecified atom stereocenters. The third kappa shape index (κ3) is 2.94. The number of aliphatic hydroxyl groups is 1. The molecule has 0 aromatic carbocycles. The Morgan fingerprint density at radius 3 is 2.40 bits per heavy atom. The van der Waals surface area contributed by atoms with Crippen molar-refractivity contribution < 1.29 is 9.90 Å². The van der Waals surface area contributed by atoms with Crippen LogP contribution in [0.15, 0.2) is 0 Å². The SMILES string of the molecule is CC(=O)C1CCCN1.CO. The Morgan fingerprint density at radius 2 is 2.20 bits per heavy atom. The van der Waals surface area contributed by atoms with Gasteiger partial charge in [0.2, 0.25) is 0 Å². The first-order valence-electron chi connectivity index (χ1n) is 3.49. The zero-order valence-corrected chi connectivity index (χ0v) is 6.55. The molecule has 1 heterocycles. The number of hydrogen-bond acceptors (Lipinski definition) is 3. The summed E-state index contributed by atoms with van der Waals surface area (Å²) in [7, 11) is 1.00.